The predicted molar refractivity (Wildman–Crippen MR) is 85.0 cm³/mol. The maximum atomic E-state index is 6.23. The summed E-state index contributed by atoms with van der Waals surface area (Å²) in [6.45, 7) is 7.02. The molecule has 0 unspecified atom stereocenters. The highest BCUT2D eigenvalue weighted by molar-refractivity contribution is 6.33. The maximum Gasteiger partial charge on any atom is 0.138 e. The number of hydrogen-bond donors (Lipinski definition) is 2. The summed E-state index contributed by atoms with van der Waals surface area (Å²) in [5, 5.41) is 7.28. The Labute approximate surface area is 124 Å². The molecule has 2 N–H and O–H groups in total. The number of nitrogens with zero attached hydrogens (tertiary/aromatic N) is 2. The van der Waals surface area contributed by atoms with Crippen LogP contribution in [0, 0.1) is 13.8 Å². The van der Waals surface area contributed by atoms with Gasteiger partial charge in [-0.2, -0.15) is 0 Å². The van der Waals surface area contributed by atoms with Gasteiger partial charge in [0.1, 0.15) is 18.0 Å². The van der Waals surface area contributed by atoms with Gasteiger partial charge in [-0.15, -0.1) is 0 Å². The molecular formula is C15H19ClN4. The van der Waals surface area contributed by atoms with E-state index >= 15 is 0 Å². The summed E-state index contributed by atoms with van der Waals surface area (Å²) >= 11 is 6.23. The normalized spacial score (nSPS) is 10.4. The van der Waals surface area contributed by atoms with Crippen LogP contribution in [0.15, 0.2) is 24.5 Å². The molecule has 1 aromatic heterocycles. The molecule has 0 saturated heterocycles. The second-order valence-corrected chi connectivity index (χ2v) is 5.09. The number of halogens is 1. The van der Waals surface area contributed by atoms with Crippen molar-refractivity contribution in [2.45, 2.75) is 27.2 Å². The average Bonchev–Trinajstić information content (AvgIpc) is 2.43. The molecular weight excluding hydrogens is 272 g/mol. The Morgan fingerprint density at radius 1 is 1.15 bits per heavy atom. The summed E-state index contributed by atoms with van der Waals surface area (Å²) in [7, 11) is 0. The first-order chi connectivity index (χ1) is 9.63. The van der Waals surface area contributed by atoms with Gasteiger partial charge >= 0.3 is 0 Å². The molecule has 1 heterocycles. The Morgan fingerprint density at radius 2 is 1.90 bits per heavy atom. The number of aromatic nitrogens is 2. The largest absolute Gasteiger partial charge is 0.370 e. The molecule has 4 nitrogen and oxygen atoms in total. The fraction of sp³-hybridized carbons (Fsp3) is 0.333. The lowest BCUT2D eigenvalue weighted by Gasteiger charge is -2.14. The predicted octanol–water partition coefficient (Wildman–Crippen LogP) is 4.31. The van der Waals surface area contributed by atoms with Gasteiger partial charge in [0, 0.05) is 12.1 Å². The van der Waals surface area contributed by atoms with Crippen molar-refractivity contribution in [3.63, 3.8) is 0 Å². The summed E-state index contributed by atoms with van der Waals surface area (Å²) in [6.07, 6.45) is 2.61. The SMILES string of the molecule is CCCNc1ncnc(Nc2c(C)cccc2Cl)c1C. The van der Waals surface area contributed by atoms with E-state index in [2.05, 4.69) is 27.5 Å². The van der Waals surface area contributed by atoms with Crippen molar-refractivity contribution in [3.05, 3.63) is 40.7 Å². The zero-order valence-electron chi connectivity index (χ0n) is 12.0. The number of anilines is 3. The molecule has 0 radical (unpaired) electrons. The number of hydrogen-bond acceptors (Lipinski definition) is 4. The summed E-state index contributed by atoms with van der Waals surface area (Å²) in [6, 6.07) is 5.81. The van der Waals surface area contributed by atoms with E-state index < -0.39 is 0 Å². The monoisotopic (exact) mass is 290 g/mol. The molecule has 0 bridgehead atoms. The van der Waals surface area contributed by atoms with Crippen LogP contribution in [0.2, 0.25) is 5.02 Å². The lowest BCUT2D eigenvalue weighted by atomic mass is 10.2. The Bertz CT molecular complexity index is 578. The Kier molecular flexibility index (Phi) is 4.79. The van der Waals surface area contributed by atoms with Crippen LogP contribution in [-0.4, -0.2) is 16.5 Å². The quantitative estimate of drug-likeness (QED) is 0.861. The van der Waals surface area contributed by atoms with E-state index in [1.54, 1.807) is 6.33 Å². The molecule has 5 heteroatoms. The van der Waals surface area contributed by atoms with Crippen LogP contribution in [0.1, 0.15) is 24.5 Å². The molecule has 0 saturated carbocycles. The summed E-state index contributed by atoms with van der Waals surface area (Å²) in [5.74, 6) is 1.63. The van der Waals surface area contributed by atoms with Gasteiger partial charge < -0.3 is 10.6 Å². The lowest BCUT2D eigenvalue weighted by Crippen LogP contribution is -2.07. The second kappa shape index (κ2) is 6.57. The number of para-hydroxylation sites is 1. The van der Waals surface area contributed by atoms with E-state index in [-0.39, 0.29) is 0 Å². The first kappa shape index (κ1) is 14.6. The van der Waals surface area contributed by atoms with Crippen LogP contribution in [0.25, 0.3) is 0 Å². The standard InChI is InChI=1S/C15H19ClN4/c1-4-8-17-14-11(3)15(19-9-18-14)20-13-10(2)6-5-7-12(13)16/h5-7,9H,4,8H2,1-3H3,(H2,17,18,19,20). The third kappa shape index (κ3) is 3.20. The van der Waals surface area contributed by atoms with E-state index in [4.69, 9.17) is 11.6 Å². The molecule has 0 fully saturated rings. The topological polar surface area (TPSA) is 49.8 Å². The van der Waals surface area contributed by atoms with Crippen LogP contribution in [0.5, 0.6) is 0 Å². The smallest absolute Gasteiger partial charge is 0.138 e. The van der Waals surface area contributed by atoms with Gasteiger partial charge in [0.2, 0.25) is 0 Å². The van der Waals surface area contributed by atoms with Crippen LogP contribution >= 0.6 is 11.6 Å². The Morgan fingerprint density at radius 3 is 2.60 bits per heavy atom. The maximum absolute atomic E-state index is 6.23. The third-order valence-corrected chi connectivity index (χ3v) is 3.41. The van der Waals surface area contributed by atoms with Crippen molar-refractivity contribution >= 4 is 28.9 Å². The molecule has 106 valence electrons. The molecule has 20 heavy (non-hydrogen) atoms. The first-order valence-corrected chi connectivity index (χ1v) is 7.09. The van der Waals surface area contributed by atoms with Crippen LogP contribution in [0.3, 0.4) is 0 Å². The third-order valence-electron chi connectivity index (χ3n) is 3.09. The van der Waals surface area contributed by atoms with Crippen molar-refractivity contribution in [2.24, 2.45) is 0 Å². The van der Waals surface area contributed by atoms with E-state index in [1.165, 1.54) is 0 Å². The van der Waals surface area contributed by atoms with Crippen molar-refractivity contribution < 1.29 is 0 Å². The molecule has 0 atom stereocenters. The fourth-order valence-corrected chi connectivity index (χ4v) is 2.18. The van der Waals surface area contributed by atoms with E-state index in [0.29, 0.717) is 5.02 Å². The van der Waals surface area contributed by atoms with E-state index in [9.17, 15) is 0 Å². The number of aryl methyl sites for hydroxylation is 1. The molecule has 0 aliphatic rings. The van der Waals surface area contributed by atoms with E-state index in [1.807, 2.05) is 32.0 Å². The molecule has 1 aromatic carbocycles. The highest BCUT2D eigenvalue weighted by atomic mass is 35.5. The minimum atomic E-state index is 0.686. The van der Waals surface area contributed by atoms with Gasteiger partial charge in [-0.25, -0.2) is 9.97 Å². The minimum absolute atomic E-state index is 0.686. The van der Waals surface area contributed by atoms with Gasteiger partial charge in [-0.1, -0.05) is 30.7 Å². The zero-order valence-corrected chi connectivity index (χ0v) is 12.8. The zero-order chi connectivity index (χ0) is 14.5. The van der Waals surface area contributed by atoms with Crippen molar-refractivity contribution in [1.29, 1.82) is 0 Å². The van der Waals surface area contributed by atoms with Crippen molar-refractivity contribution in [2.75, 3.05) is 17.2 Å². The summed E-state index contributed by atoms with van der Waals surface area (Å²) in [4.78, 5) is 8.57. The molecule has 2 rings (SSSR count). The minimum Gasteiger partial charge on any atom is -0.370 e. The number of benzene rings is 1. The summed E-state index contributed by atoms with van der Waals surface area (Å²) < 4.78 is 0. The molecule has 0 spiro atoms. The van der Waals surface area contributed by atoms with Gasteiger partial charge in [-0.3, -0.25) is 0 Å². The van der Waals surface area contributed by atoms with Gasteiger partial charge in [0.05, 0.1) is 10.7 Å². The Balaban J connectivity index is 2.30. The first-order valence-electron chi connectivity index (χ1n) is 6.71. The molecule has 0 amide bonds. The fourth-order valence-electron chi connectivity index (χ4n) is 1.91. The molecule has 0 aliphatic heterocycles. The van der Waals surface area contributed by atoms with Crippen LogP contribution in [0.4, 0.5) is 17.3 Å². The number of nitrogens with one attached hydrogen (secondary N) is 2. The van der Waals surface area contributed by atoms with E-state index in [0.717, 1.165) is 41.4 Å². The van der Waals surface area contributed by atoms with Gasteiger partial charge in [0.25, 0.3) is 0 Å². The van der Waals surface area contributed by atoms with Crippen LogP contribution < -0.4 is 10.6 Å². The second-order valence-electron chi connectivity index (χ2n) is 4.68. The van der Waals surface area contributed by atoms with Crippen molar-refractivity contribution in [3.8, 4) is 0 Å². The average molecular weight is 291 g/mol. The highest BCUT2D eigenvalue weighted by Crippen LogP contribution is 2.30. The number of rotatable bonds is 5. The Hall–Kier alpha value is -1.81. The van der Waals surface area contributed by atoms with Gasteiger partial charge in [0.15, 0.2) is 0 Å². The molecule has 2 aromatic rings. The summed E-state index contributed by atoms with van der Waals surface area (Å²) in [5.41, 5.74) is 2.95. The van der Waals surface area contributed by atoms with Crippen molar-refractivity contribution in [1.82, 2.24) is 9.97 Å². The highest BCUT2D eigenvalue weighted by Gasteiger charge is 2.10. The lowest BCUT2D eigenvalue weighted by molar-refractivity contribution is 0.960. The molecule has 0 aliphatic carbocycles. The van der Waals surface area contributed by atoms with Crippen LogP contribution in [-0.2, 0) is 0 Å². The van der Waals surface area contributed by atoms with Gasteiger partial charge in [-0.05, 0) is 31.9 Å².